The van der Waals surface area contributed by atoms with Crippen LogP contribution in [0.2, 0.25) is 0 Å². The van der Waals surface area contributed by atoms with Crippen LogP contribution in [0.3, 0.4) is 0 Å². The molecule has 1 aromatic heterocycles. The van der Waals surface area contributed by atoms with E-state index in [0.29, 0.717) is 27.7 Å². The number of anilines is 1. The van der Waals surface area contributed by atoms with Gasteiger partial charge in [0.25, 0.3) is 5.56 Å². The number of aromatic nitrogens is 2. The van der Waals surface area contributed by atoms with E-state index in [2.05, 4.69) is 15.5 Å². The SMILES string of the molecule is Cc1ccc(C#N)cc1NC(=O)Cc1n[nH]c(=O)c2ccccc12. The van der Waals surface area contributed by atoms with Crippen LogP contribution in [0.15, 0.2) is 47.3 Å². The first-order valence-corrected chi connectivity index (χ1v) is 7.35. The summed E-state index contributed by atoms with van der Waals surface area (Å²) >= 11 is 0. The van der Waals surface area contributed by atoms with Crippen molar-refractivity contribution in [1.82, 2.24) is 10.2 Å². The van der Waals surface area contributed by atoms with E-state index < -0.39 is 0 Å². The lowest BCUT2D eigenvalue weighted by atomic mass is 10.1. The van der Waals surface area contributed by atoms with Gasteiger partial charge in [-0.3, -0.25) is 9.59 Å². The minimum atomic E-state index is -0.285. The first-order chi connectivity index (χ1) is 11.6. The highest BCUT2D eigenvalue weighted by Crippen LogP contribution is 2.18. The van der Waals surface area contributed by atoms with Gasteiger partial charge in [0.05, 0.1) is 29.1 Å². The molecular formula is C18H14N4O2. The highest BCUT2D eigenvalue weighted by molar-refractivity contribution is 5.95. The monoisotopic (exact) mass is 318 g/mol. The summed E-state index contributed by atoms with van der Waals surface area (Å²) in [5.74, 6) is -0.266. The van der Waals surface area contributed by atoms with E-state index in [1.165, 1.54) is 0 Å². The zero-order chi connectivity index (χ0) is 17.1. The van der Waals surface area contributed by atoms with Crippen LogP contribution in [0.25, 0.3) is 10.8 Å². The van der Waals surface area contributed by atoms with Gasteiger partial charge in [-0.15, -0.1) is 0 Å². The summed E-state index contributed by atoms with van der Waals surface area (Å²) in [6.07, 6.45) is 0.0213. The predicted molar refractivity (Wildman–Crippen MR) is 90.6 cm³/mol. The molecule has 118 valence electrons. The molecule has 0 fully saturated rings. The highest BCUT2D eigenvalue weighted by atomic mass is 16.1. The van der Waals surface area contributed by atoms with Gasteiger partial charge in [-0.05, 0) is 30.7 Å². The van der Waals surface area contributed by atoms with Gasteiger partial charge in [0.1, 0.15) is 0 Å². The van der Waals surface area contributed by atoms with E-state index in [-0.39, 0.29) is 17.9 Å². The second kappa shape index (κ2) is 6.34. The molecule has 0 unspecified atom stereocenters. The molecule has 6 heteroatoms. The van der Waals surface area contributed by atoms with E-state index in [1.54, 1.807) is 42.5 Å². The molecular weight excluding hydrogens is 304 g/mol. The van der Waals surface area contributed by atoms with Crippen molar-refractivity contribution >= 4 is 22.4 Å². The number of aromatic amines is 1. The maximum absolute atomic E-state index is 12.3. The van der Waals surface area contributed by atoms with E-state index in [4.69, 9.17) is 5.26 Å². The molecule has 0 atom stereocenters. The van der Waals surface area contributed by atoms with Gasteiger partial charge in [-0.1, -0.05) is 24.3 Å². The molecule has 0 saturated heterocycles. The van der Waals surface area contributed by atoms with Crippen molar-refractivity contribution in [3.63, 3.8) is 0 Å². The lowest BCUT2D eigenvalue weighted by molar-refractivity contribution is -0.115. The molecule has 24 heavy (non-hydrogen) atoms. The third-order valence-corrected chi connectivity index (χ3v) is 3.74. The topological polar surface area (TPSA) is 98.6 Å². The summed E-state index contributed by atoms with van der Waals surface area (Å²) in [5, 5.41) is 19.3. The fourth-order valence-corrected chi connectivity index (χ4v) is 2.48. The van der Waals surface area contributed by atoms with E-state index in [1.807, 2.05) is 13.0 Å². The summed E-state index contributed by atoms with van der Waals surface area (Å²) in [5.41, 5.74) is 2.14. The first kappa shape index (κ1) is 15.4. The molecule has 2 N–H and O–H groups in total. The summed E-state index contributed by atoms with van der Waals surface area (Å²) in [6, 6.07) is 14.2. The molecule has 0 spiro atoms. The zero-order valence-corrected chi connectivity index (χ0v) is 13.0. The maximum Gasteiger partial charge on any atom is 0.272 e. The molecule has 0 aliphatic heterocycles. The van der Waals surface area contributed by atoms with Crippen LogP contribution >= 0.6 is 0 Å². The second-order valence-corrected chi connectivity index (χ2v) is 5.41. The first-order valence-electron chi connectivity index (χ1n) is 7.35. The van der Waals surface area contributed by atoms with Crippen molar-refractivity contribution in [2.45, 2.75) is 13.3 Å². The molecule has 0 bridgehead atoms. The molecule has 3 aromatic rings. The van der Waals surface area contributed by atoms with Crippen LogP contribution in [0.4, 0.5) is 5.69 Å². The number of nitrogens with one attached hydrogen (secondary N) is 2. The van der Waals surface area contributed by atoms with Gasteiger partial charge in [-0.2, -0.15) is 10.4 Å². The van der Waals surface area contributed by atoms with Gasteiger partial charge in [0, 0.05) is 11.1 Å². The van der Waals surface area contributed by atoms with Crippen LogP contribution in [0, 0.1) is 18.3 Å². The summed E-state index contributed by atoms with van der Waals surface area (Å²) < 4.78 is 0. The quantitative estimate of drug-likeness (QED) is 0.774. The molecule has 3 rings (SSSR count). The average molecular weight is 318 g/mol. The number of rotatable bonds is 3. The minimum Gasteiger partial charge on any atom is -0.325 e. The number of hydrogen-bond acceptors (Lipinski definition) is 4. The summed E-state index contributed by atoms with van der Waals surface area (Å²) in [6.45, 7) is 1.85. The Labute approximate surface area is 137 Å². The number of nitrogens with zero attached hydrogens (tertiary/aromatic N) is 2. The Hall–Kier alpha value is -3.46. The van der Waals surface area contributed by atoms with Crippen LogP contribution in [-0.4, -0.2) is 16.1 Å². The van der Waals surface area contributed by atoms with Crippen molar-refractivity contribution in [2.75, 3.05) is 5.32 Å². The number of aryl methyl sites for hydroxylation is 1. The number of carbonyl (C=O) groups is 1. The predicted octanol–water partition coefficient (Wildman–Crippen LogP) is 2.28. The van der Waals surface area contributed by atoms with Crippen molar-refractivity contribution < 1.29 is 4.79 Å². The molecule has 0 saturated carbocycles. The largest absolute Gasteiger partial charge is 0.325 e. The van der Waals surface area contributed by atoms with Crippen molar-refractivity contribution in [3.8, 4) is 6.07 Å². The maximum atomic E-state index is 12.3. The molecule has 1 heterocycles. The Bertz CT molecular complexity index is 1030. The van der Waals surface area contributed by atoms with Crippen LogP contribution in [-0.2, 0) is 11.2 Å². The zero-order valence-electron chi connectivity index (χ0n) is 13.0. The van der Waals surface area contributed by atoms with Gasteiger partial charge in [0.2, 0.25) is 5.91 Å². The minimum absolute atomic E-state index is 0.0213. The third kappa shape index (κ3) is 3.01. The normalized spacial score (nSPS) is 10.3. The Balaban J connectivity index is 1.88. The standard InChI is InChI=1S/C18H14N4O2/c1-11-6-7-12(10-19)8-15(11)20-17(23)9-16-13-4-2-3-5-14(13)18(24)22-21-16/h2-8H,9H2,1H3,(H,20,23)(H,22,24). The number of hydrogen-bond donors (Lipinski definition) is 2. The number of fused-ring (bicyclic) bond motifs is 1. The molecule has 0 radical (unpaired) electrons. The highest BCUT2D eigenvalue weighted by Gasteiger charge is 2.12. The number of benzene rings is 2. The Kier molecular flexibility index (Phi) is 4.08. The summed E-state index contributed by atoms with van der Waals surface area (Å²) in [4.78, 5) is 24.1. The molecule has 2 aromatic carbocycles. The van der Waals surface area contributed by atoms with Gasteiger partial charge in [0.15, 0.2) is 0 Å². The molecule has 0 aliphatic rings. The molecule has 6 nitrogen and oxygen atoms in total. The Morgan fingerprint density at radius 2 is 2.00 bits per heavy atom. The lowest BCUT2D eigenvalue weighted by Gasteiger charge is -2.09. The summed E-state index contributed by atoms with van der Waals surface area (Å²) in [7, 11) is 0. The molecule has 1 amide bonds. The van der Waals surface area contributed by atoms with Crippen LogP contribution in [0.5, 0.6) is 0 Å². The number of carbonyl (C=O) groups excluding carboxylic acids is 1. The van der Waals surface area contributed by atoms with Crippen molar-refractivity contribution in [2.24, 2.45) is 0 Å². The van der Waals surface area contributed by atoms with E-state index in [9.17, 15) is 9.59 Å². The average Bonchev–Trinajstić information content (AvgIpc) is 2.59. The molecule has 0 aliphatic carbocycles. The van der Waals surface area contributed by atoms with Crippen LogP contribution in [0.1, 0.15) is 16.8 Å². The smallest absolute Gasteiger partial charge is 0.272 e. The van der Waals surface area contributed by atoms with Crippen molar-refractivity contribution in [1.29, 1.82) is 5.26 Å². The van der Waals surface area contributed by atoms with Crippen molar-refractivity contribution in [3.05, 3.63) is 69.6 Å². The van der Waals surface area contributed by atoms with Crippen LogP contribution < -0.4 is 10.9 Å². The van der Waals surface area contributed by atoms with E-state index in [0.717, 1.165) is 5.56 Å². The fraction of sp³-hybridized carbons (Fsp3) is 0.111. The number of amides is 1. The Morgan fingerprint density at radius 1 is 1.25 bits per heavy atom. The Morgan fingerprint density at radius 3 is 2.75 bits per heavy atom. The fourth-order valence-electron chi connectivity index (χ4n) is 2.48. The lowest BCUT2D eigenvalue weighted by Crippen LogP contribution is -2.19. The number of nitriles is 1. The van der Waals surface area contributed by atoms with E-state index >= 15 is 0 Å². The van der Waals surface area contributed by atoms with Gasteiger partial charge >= 0.3 is 0 Å². The number of H-pyrrole nitrogens is 1. The van der Waals surface area contributed by atoms with Gasteiger partial charge in [-0.25, -0.2) is 5.10 Å². The second-order valence-electron chi connectivity index (χ2n) is 5.41. The third-order valence-electron chi connectivity index (χ3n) is 3.74. The van der Waals surface area contributed by atoms with Gasteiger partial charge < -0.3 is 5.32 Å².